The summed E-state index contributed by atoms with van der Waals surface area (Å²) in [6, 6.07) is 8.13. The van der Waals surface area contributed by atoms with E-state index in [-0.39, 0.29) is 6.04 Å². The van der Waals surface area contributed by atoms with Crippen LogP contribution in [0, 0.1) is 6.92 Å². The van der Waals surface area contributed by atoms with Gasteiger partial charge in [-0.2, -0.15) is 0 Å². The van der Waals surface area contributed by atoms with Gasteiger partial charge in [0.05, 0.1) is 6.61 Å². The maximum atomic E-state index is 5.63. The standard InChI is InChI=1S/C13H20N2O/c1-10(2)13(15-14)7-8-16-12-6-4-5-11(3)9-12/h4-6,9,13,15H,1,7-8,14H2,2-3H3. The van der Waals surface area contributed by atoms with Crippen LogP contribution < -0.4 is 16.0 Å². The molecule has 0 heterocycles. The molecular weight excluding hydrogens is 200 g/mol. The van der Waals surface area contributed by atoms with Crippen LogP contribution in [0.25, 0.3) is 0 Å². The first kappa shape index (κ1) is 12.7. The Labute approximate surface area is 97.3 Å². The van der Waals surface area contributed by atoms with E-state index in [1.165, 1.54) is 5.56 Å². The largest absolute Gasteiger partial charge is 0.494 e. The Morgan fingerprint density at radius 3 is 2.88 bits per heavy atom. The summed E-state index contributed by atoms with van der Waals surface area (Å²) in [6.07, 6.45) is 0.819. The van der Waals surface area contributed by atoms with Crippen LogP contribution in [0.1, 0.15) is 18.9 Å². The fraction of sp³-hybridized carbons (Fsp3) is 0.385. The van der Waals surface area contributed by atoms with Crippen molar-refractivity contribution >= 4 is 0 Å². The Hall–Kier alpha value is -1.32. The van der Waals surface area contributed by atoms with Crippen LogP contribution in [0.5, 0.6) is 5.75 Å². The highest BCUT2D eigenvalue weighted by molar-refractivity contribution is 5.27. The molecule has 88 valence electrons. The van der Waals surface area contributed by atoms with Gasteiger partial charge in [0.2, 0.25) is 0 Å². The number of benzene rings is 1. The van der Waals surface area contributed by atoms with Crippen LogP contribution in [-0.2, 0) is 0 Å². The van der Waals surface area contributed by atoms with Gasteiger partial charge < -0.3 is 4.74 Å². The SMILES string of the molecule is C=C(C)C(CCOc1cccc(C)c1)NN. The van der Waals surface area contributed by atoms with Crippen LogP contribution in [-0.4, -0.2) is 12.6 Å². The second kappa shape index (κ2) is 6.30. The summed E-state index contributed by atoms with van der Waals surface area (Å²) in [7, 11) is 0. The lowest BCUT2D eigenvalue weighted by Crippen LogP contribution is -2.36. The molecule has 0 amide bonds. The second-order valence-corrected chi connectivity index (χ2v) is 4.02. The smallest absolute Gasteiger partial charge is 0.119 e. The number of aryl methyl sites for hydroxylation is 1. The number of ether oxygens (including phenoxy) is 1. The van der Waals surface area contributed by atoms with Crippen molar-refractivity contribution < 1.29 is 4.74 Å². The molecule has 0 fully saturated rings. The van der Waals surface area contributed by atoms with Gasteiger partial charge in [0, 0.05) is 12.5 Å². The first-order valence-electron chi connectivity index (χ1n) is 5.44. The van der Waals surface area contributed by atoms with Crippen molar-refractivity contribution in [3.63, 3.8) is 0 Å². The summed E-state index contributed by atoms with van der Waals surface area (Å²) in [5.41, 5.74) is 4.94. The van der Waals surface area contributed by atoms with E-state index in [4.69, 9.17) is 10.6 Å². The van der Waals surface area contributed by atoms with E-state index < -0.39 is 0 Å². The van der Waals surface area contributed by atoms with Crippen molar-refractivity contribution in [3.8, 4) is 5.75 Å². The molecule has 3 heteroatoms. The highest BCUT2D eigenvalue weighted by Crippen LogP contribution is 2.13. The minimum absolute atomic E-state index is 0.116. The third-order valence-corrected chi connectivity index (χ3v) is 2.46. The van der Waals surface area contributed by atoms with Crippen LogP contribution >= 0.6 is 0 Å². The molecular formula is C13H20N2O. The predicted octanol–water partition coefficient (Wildman–Crippen LogP) is 2.17. The molecule has 0 spiro atoms. The molecule has 0 saturated heterocycles. The van der Waals surface area contributed by atoms with Crippen molar-refractivity contribution in [1.82, 2.24) is 5.43 Å². The first-order valence-corrected chi connectivity index (χ1v) is 5.44. The van der Waals surface area contributed by atoms with E-state index in [2.05, 4.69) is 12.0 Å². The lowest BCUT2D eigenvalue weighted by Gasteiger charge is -2.16. The predicted molar refractivity (Wildman–Crippen MR) is 67.2 cm³/mol. The highest BCUT2D eigenvalue weighted by Gasteiger charge is 2.06. The Kier molecular flexibility index (Phi) is 5.02. The van der Waals surface area contributed by atoms with E-state index in [0.717, 1.165) is 17.7 Å². The number of hydrogen-bond donors (Lipinski definition) is 2. The molecule has 1 aromatic rings. The molecule has 0 aliphatic heterocycles. The van der Waals surface area contributed by atoms with E-state index in [1.807, 2.05) is 38.1 Å². The molecule has 1 unspecified atom stereocenters. The Morgan fingerprint density at radius 2 is 2.31 bits per heavy atom. The molecule has 0 aliphatic rings. The van der Waals surface area contributed by atoms with Crippen molar-refractivity contribution in [2.45, 2.75) is 26.3 Å². The molecule has 0 aliphatic carbocycles. The Bertz CT molecular complexity index is 350. The summed E-state index contributed by atoms with van der Waals surface area (Å²) in [6.45, 7) is 8.50. The maximum absolute atomic E-state index is 5.63. The molecule has 3 nitrogen and oxygen atoms in total. The number of hydrazine groups is 1. The highest BCUT2D eigenvalue weighted by atomic mass is 16.5. The zero-order valence-corrected chi connectivity index (χ0v) is 9.99. The first-order chi connectivity index (χ1) is 7.63. The summed E-state index contributed by atoms with van der Waals surface area (Å²) in [4.78, 5) is 0. The lowest BCUT2D eigenvalue weighted by atomic mass is 10.1. The van der Waals surface area contributed by atoms with Gasteiger partial charge in [-0.05, 0) is 31.5 Å². The minimum Gasteiger partial charge on any atom is -0.494 e. The van der Waals surface area contributed by atoms with E-state index in [0.29, 0.717) is 6.61 Å². The molecule has 0 radical (unpaired) electrons. The van der Waals surface area contributed by atoms with Gasteiger partial charge in [0.15, 0.2) is 0 Å². The topological polar surface area (TPSA) is 47.3 Å². The van der Waals surface area contributed by atoms with E-state index in [1.54, 1.807) is 0 Å². The number of nitrogens with one attached hydrogen (secondary N) is 1. The van der Waals surface area contributed by atoms with Crippen LogP contribution in [0.2, 0.25) is 0 Å². The summed E-state index contributed by atoms with van der Waals surface area (Å²) >= 11 is 0. The van der Waals surface area contributed by atoms with Gasteiger partial charge in [-0.1, -0.05) is 24.3 Å². The molecule has 1 atom stereocenters. The third-order valence-electron chi connectivity index (χ3n) is 2.46. The molecule has 0 aromatic heterocycles. The Balaban J connectivity index is 2.38. The summed E-state index contributed by atoms with van der Waals surface area (Å²) in [5.74, 6) is 6.31. The van der Waals surface area contributed by atoms with E-state index >= 15 is 0 Å². The molecule has 0 bridgehead atoms. The second-order valence-electron chi connectivity index (χ2n) is 4.02. The molecule has 3 N–H and O–H groups in total. The number of hydrogen-bond acceptors (Lipinski definition) is 3. The van der Waals surface area contributed by atoms with E-state index in [9.17, 15) is 0 Å². The zero-order chi connectivity index (χ0) is 12.0. The molecule has 1 aromatic carbocycles. The van der Waals surface area contributed by atoms with Crippen molar-refractivity contribution in [2.75, 3.05) is 6.61 Å². The van der Waals surface area contributed by atoms with Crippen molar-refractivity contribution in [1.29, 1.82) is 0 Å². The van der Waals surface area contributed by atoms with Gasteiger partial charge in [-0.15, -0.1) is 0 Å². The fourth-order valence-corrected chi connectivity index (χ4v) is 1.47. The average molecular weight is 220 g/mol. The van der Waals surface area contributed by atoms with Gasteiger partial charge >= 0.3 is 0 Å². The van der Waals surface area contributed by atoms with Gasteiger partial charge in [0.25, 0.3) is 0 Å². The monoisotopic (exact) mass is 220 g/mol. The Morgan fingerprint density at radius 1 is 1.56 bits per heavy atom. The molecule has 16 heavy (non-hydrogen) atoms. The number of nitrogens with two attached hydrogens (primary N) is 1. The zero-order valence-electron chi connectivity index (χ0n) is 9.99. The minimum atomic E-state index is 0.116. The van der Waals surface area contributed by atoms with Crippen molar-refractivity contribution in [2.24, 2.45) is 5.84 Å². The molecule has 0 saturated carbocycles. The fourth-order valence-electron chi connectivity index (χ4n) is 1.47. The number of rotatable bonds is 6. The maximum Gasteiger partial charge on any atom is 0.119 e. The van der Waals surface area contributed by atoms with Crippen LogP contribution in [0.4, 0.5) is 0 Å². The average Bonchev–Trinajstić information content (AvgIpc) is 2.24. The van der Waals surface area contributed by atoms with Gasteiger partial charge in [0.1, 0.15) is 5.75 Å². The third kappa shape index (κ3) is 4.04. The summed E-state index contributed by atoms with van der Waals surface area (Å²) in [5, 5.41) is 0. The summed E-state index contributed by atoms with van der Waals surface area (Å²) < 4.78 is 5.63. The van der Waals surface area contributed by atoms with Gasteiger partial charge in [-0.25, -0.2) is 0 Å². The quantitative estimate of drug-likeness (QED) is 0.439. The normalized spacial score (nSPS) is 12.2. The van der Waals surface area contributed by atoms with Crippen molar-refractivity contribution in [3.05, 3.63) is 42.0 Å². The van der Waals surface area contributed by atoms with Crippen LogP contribution in [0.15, 0.2) is 36.4 Å². The lowest BCUT2D eigenvalue weighted by molar-refractivity contribution is 0.294. The van der Waals surface area contributed by atoms with Crippen LogP contribution in [0.3, 0.4) is 0 Å². The van der Waals surface area contributed by atoms with Gasteiger partial charge in [-0.3, -0.25) is 11.3 Å². The molecule has 1 rings (SSSR count).